The Hall–Kier alpha value is -1.81. The first-order valence-electron chi connectivity index (χ1n) is 8.13. The number of hydrogen-bond donors (Lipinski definition) is 1. The van der Waals surface area contributed by atoms with Crippen molar-refractivity contribution >= 4 is 16.6 Å². The molecule has 120 valence electrons. The van der Waals surface area contributed by atoms with Gasteiger partial charge in [-0.1, -0.05) is 20.8 Å². The predicted molar refractivity (Wildman–Crippen MR) is 93.8 cm³/mol. The Bertz CT molecular complexity index is 596. The summed E-state index contributed by atoms with van der Waals surface area (Å²) in [4.78, 5) is 6.89. The molecule has 1 N–H and O–H groups in total. The van der Waals surface area contributed by atoms with E-state index in [4.69, 9.17) is 4.74 Å². The van der Waals surface area contributed by atoms with Gasteiger partial charge in [0.15, 0.2) is 0 Å². The van der Waals surface area contributed by atoms with Gasteiger partial charge in [0.05, 0.1) is 12.6 Å². The van der Waals surface area contributed by atoms with E-state index in [2.05, 4.69) is 42.0 Å². The number of nitrogens with zero attached hydrogens (tertiary/aromatic N) is 2. The Morgan fingerprint density at radius 1 is 1.18 bits per heavy atom. The van der Waals surface area contributed by atoms with Gasteiger partial charge in [0.25, 0.3) is 0 Å². The van der Waals surface area contributed by atoms with Gasteiger partial charge in [0.1, 0.15) is 5.75 Å². The third-order valence-corrected chi connectivity index (χ3v) is 4.17. The minimum atomic E-state index is 0.428. The third-order valence-electron chi connectivity index (χ3n) is 4.17. The average molecular weight is 301 g/mol. The molecule has 0 aliphatic carbocycles. The molecule has 0 spiro atoms. The molecule has 4 heteroatoms. The van der Waals surface area contributed by atoms with Crippen LogP contribution in [0.15, 0.2) is 30.5 Å². The number of pyridine rings is 1. The average Bonchev–Trinajstić information content (AvgIpc) is 2.58. The minimum absolute atomic E-state index is 0.428. The largest absolute Gasteiger partial charge is 0.497 e. The van der Waals surface area contributed by atoms with Gasteiger partial charge in [-0.3, -0.25) is 4.98 Å². The van der Waals surface area contributed by atoms with Crippen LogP contribution in [-0.2, 0) is 0 Å². The zero-order valence-electron chi connectivity index (χ0n) is 14.1. The first-order valence-corrected chi connectivity index (χ1v) is 8.13. The van der Waals surface area contributed by atoms with Crippen molar-refractivity contribution in [1.82, 2.24) is 9.88 Å². The maximum atomic E-state index is 5.34. The number of hydrogen-bond acceptors (Lipinski definition) is 4. The second kappa shape index (κ2) is 7.99. The fraction of sp³-hybridized carbons (Fsp3) is 0.500. The maximum Gasteiger partial charge on any atom is 0.119 e. The molecule has 1 aromatic carbocycles. The number of fused-ring (bicyclic) bond motifs is 1. The Labute approximate surface area is 133 Å². The number of rotatable bonds is 8. The van der Waals surface area contributed by atoms with Gasteiger partial charge in [-0.2, -0.15) is 0 Å². The van der Waals surface area contributed by atoms with Crippen LogP contribution >= 0.6 is 0 Å². The molecule has 0 aliphatic heterocycles. The van der Waals surface area contributed by atoms with Crippen LogP contribution in [0.4, 0.5) is 5.69 Å². The van der Waals surface area contributed by atoms with Crippen molar-refractivity contribution in [1.29, 1.82) is 0 Å². The predicted octanol–water partition coefficient (Wildman–Crippen LogP) is 3.78. The highest BCUT2D eigenvalue weighted by molar-refractivity contribution is 5.92. The van der Waals surface area contributed by atoms with Crippen LogP contribution in [0, 0.1) is 0 Å². The molecule has 2 aromatic rings. The van der Waals surface area contributed by atoms with Gasteiger partial charge in [-0.15, -0.1) is 0 Å². The lowest BCUT2D eigenvalue weighted by Gasteiger charge is -2.26. The van der Waals surface area contributed by atoms with Crippen molar-refractivity contribution in [2.24, 2.45) is 0 Å². The normalized spacial score (nSPS) is 12.6. The van der Waals surface area contributed by atoms with Gasteiger partial charge in [-0.25, -0.2) is 0 Å². The summed E-state index contributed by atoms with van der Waals surface area (Å²) in [5, 5.41) is 4.80. The molecule has 4 nitrogen and oxygen atoms in total. The summed E-state index contributed by atoms with van der Waals surface area (Å²) in [7, 11) is 1.69. The molecule has 0 bridgehead atoms. The monoisotopic (exact) mass is 301 g/mol. The van der Waals surface area contributed by atoms with E-state index < -0.39 is 0 Å². The second-order valence-corrected chi connectivity index (χ2v) is 5.48. The first kappa shape index (κ1) is 16.6. The van der Waals surface area contributed by atoms with Crippen molar-refractivity contribution in [2.75, 3.05) is 32.1 Å². The van der Waals surface area contributed by atoms with E-state index in [1.165, 1.54) is 0 Å². The fourth-order valence-electron chi connectivity index (χ4n) is 2.67. The maximum absolute atomic E-state index is 5.34. The number of methoxy groups -OCH3 is 1. The van der Waals surface area contributed by atoms with Gasteiger partial charge >= 0.3 is 0 Å². The molecular formula is C18H27N3O. The number of ether oxygens (including phenoxy) is 1. The molecular weight excluding hydrogens is 274 g/mol. The van der Waals surface area contributed by atoms with Crippen molar-refractivity contribution in [3.05, 3.63) is 30.5 Å². The molecule has 0 amide bonds. The van der Waals surface area contributed by atoms with E-state index in [-0.39, 0.29) is 0 Å². The lowest BCUT2D eigenvalue weighted by Crippen LogP contribution is -2.36. The van der Waals surface area contributed by atoms with E-state index in [0.29, 0.717) is 6.04 Å². The second-order valence-electron chi connectivity index (χ2n) is 5.48. The Morgan fingerprint density at radius 3 is 2.59 bits per heavy atom. The molecule has 22 heavy (non-hydrogen) atoms. The lowest BCUT2D eigenvalue weighted by molar-refractivity contribution is 0.287. The van der Waals surface area contributed by atoms with Crippen molar-refractivity contribution in [3.63, 3.8) is 0 Å². The Balaban J connectivity index is 2.25. The van der Waals surface area contributed by atoms with Crippen LogP contribution in [0.5, 0.6) is 5.75 Å². The summed E-state index contributed by atoms with van der Waals surface area (Å²) in [5.41, 5.74) is 2.12. The summed E-state index contributed by atoms with van der Waals surface area (Å²) in [6.45, 7) is 9.87. The fourth-order valence-corrected chi connectivity index (χ4v) is 2.67. The molecule has 0 saturated carbocycles. The van der Waals surface area contributed by atoms with E-state index in [1.54, 1.807) is 7.11 Å². The zero-order chi connectivity index (χ0) is 15.9. The van der Waals surface area contributed by atoms with E-state index in [9.17, 15) is 0 Å². The third kappa shape index (κ3) is 3.89. The number of likely N-dealkylation sites (N-methyl/N-ethyl adjacent to an activating group) is 1. The molecule has 1 atom stereocenters. The highest BCUT2D eigenvalue weighted by atomic mass is 16.5. The Kier molecular flexibility index (Phi) is 6.01. The summed E-state index contributed by atoms with van der Waals surface area (Å²) in [6.07, 6.45) is 2.95. The van der Waals surface area contributed by atoms with E-state index in [0.717, 1.165) is 48.4 Å². The molecule has 1 aromatic heterocycles. The molecule has 0 radical (unpaired) electrons. The molecule has 0 saturated heterocycles. The van der Waals surface area contributed by atoms with Gasteiger partial charge < -0.3 is 15.0 Å². The van der Waals surface area contributed by atoms with E-state index >= 15 is 0 Å². The topological polar surface area (TPSA) is 37.4 Å². The van der Waals surface area contributed by atoms with Crippen LogP contribution in [0.2, 0.25) is 0 Å². The molecule has 2 rings (SSSR count). The SMILES string of the molecule is CCC(CN(CC)CC)Nc1ccnc2ccc(OC)cc12. The standard InChI is InChI=1S/C18H27N3O/c1-5-14(13-21(6-2)7-3)20-18-10-11-19-17-9-8-15(22-4)12-16(17)18/h8-12,14H,5-7,13H2,1-4H3,(H,19,20). The van der Waals surface area contributed by atoms with Crippen molar-refractivity contribution < 1.29 is 4.74 Å². The van der Waals surface area contributed by atoms with Crippen LogP contribution in [0.25, 0.3) is 10.9 Å². The smallest absolute Gasteiger partial charge is 0.119 e. The summed E-state index contributed by atoms with van der Waals surface area (Å²) in [5.74, 6) is 0.861. The van der Waals surface area contributed by atoms with Gasteiger partial charge in [0.2, 0.25) is 0 Å². The Morgan fingerprint density at radius 2 is 1.95 bits per heavy atom. The number of nitrogens with one attached hydrogen (secondary N) is 1. The van der Waals surface area contributed by atoms with E-state index in [1.807, 2.05) is 24.4 Å². The minimum Gasteiger partial charge on any atom is -0.497 e. The number of aromatic nitrogens is 1. The van der Waals surface area contributed by atoms with Gasteiger partial charge in [-0.05, 0) is 43.8 Å². The van der Waals surface area contributed by atoms with Crippen molar-refractivity contribution in [2.45, 2.75) is 33.2 Å². The summed E-state index contributed by atoms with van der Waals surface area (Å²) >= 11 is 0. The molecule has 0 fully saturated rings. The van der Waals surface area contributed by atoms with Crippen LogP contribution in [0.1, 0.15) is 27.2 Å². The highest BCUT2D eigenvalue weighted by Gasteiger charge is 2.12. The lowest BCUT2D eigenvalue weighted by atomic mass is 10.1. The molecule has 1 heterocycles. The highest BCUT2D eigenvalue weighted by Crippen LogP contribution is 2.26. The summed E-state index contributed by atoms with van der Waals surface area (Å²) < 4.78 is 5.34. The first-order chi connectivity index (χ1) is 10.7. The van der Waals surface area contributed by atoms with Gasteiger partial charge in [0, 0.05) is 29.9 Å². The number of anilines is 1. The van der Waals surface area contributed by atoms with Crippen LogP contribution in [-0.4, -0.2) is 42.7 Å². The van der Waals surface area contributed by atoms with Crippen LogP contribution < -0.4 is 10.1 Å². The van der Waals surface area contributed by atoms with Crippen LogP contribution in [0.3, 0.4) is 0 Å². The summed E-state index contributed by atoms with van der Waals surface area (Å²) in [6, 6.07) is 8.48. The molecule has 1 unspecified atom stereocenters. The number of benzene rings is 1. The zero-order valence-corrected chi connectivity index (χ0v) is 14.1. The molecule has 0 aliphatic rings. The quantitative estimate of drug-likeness (QED) is 0.805. The van der Waals surface area contributed by atoms with Crippen molar-refractivity contribution in [3.8, 4) is 5.75 Å².